The van der Waals surface area contributed by atoms with Crippen molar-refractivity contribution >= 4 is 35.5 Å². The van der Waals surface area contributed by atoms with Crippen molar-refractivity contribution in [2.45, 2.75) is 97.4 Å². The van der Waals surface area contributed by atoms with Crippen LogP contribution in [-0.4, -0.2) is 83.0 Å². The number of ether oxygens (including phenoxy) is 3. The lowest BCUT2D eigenvalue weighted by molar-refractivity contribution is -0.195. The summed E-state index contributed by atoms with van der Waals surface area (Å²) < 4.78 is 16.7. The summed E-state index contributed by atoms with van der Waals surface area (Å²) in [5.74, 6) is -2.71. The highest BCUT2D eigenvalue weighted by atomic mass is 16.7. The van der Waals surface area contributed by atoms with Crippen LogP contribution in [0.3, 0.4) is 0 Å². The van der Waals surface area contributed by atoms with E-state index in [1.165, 1.54) is 19.2 Å². The van der Waals surface area contributed by atoms with E-state index < -0.39 is 48.4 Å². The Balaban J connectivity index is 2.18. The van der Waals surface area contributed by atoms with E-state index in [4.69, 9.17) is 19.9 Å². The molecule has 0 saturated carbocycles. The van der Waals surface area contributed by atoms with Crippen molar-refractivity contribution in [1.29, 1.82) is 0 Å². The minimum atomic E-state index is -1.27. The van der Waals surface area contributed by atoms with E-state index >= 15 is 0 Å². The van der Waals surface area contributed by atoms with Gasteiger partial charge in [-0.15, -0.1) is 0 Å². The number of nitrogens with one attached hydrogen (secondary N) is 2. The third-order valence-corrected chi connectivity index (χ3v) is 7.26. The van der Waals surface area contributed by atoms with Gasteiger partial charge < -0.3 is 40.8 Å². The maximum atomic E-state index is 12.9. The van der Waals surface area contributed by atoms with Gasteiger partial charge in [0, 0.05) is 38.8 Å². The van der Waals surface area contributed by atoms with Crippen LogP contribution in [-0.2, 0) is 35.3 Å². The summed E-state index contributed by atoms with van der Waals surface area (Å²) in [5.41, 5.74) is 6.07. The van der Waals surface area contributed by atoms with Gasteiger partial charge in [-0.2, -0.15) is 0 Å². The number of carbonyl (C=O) groups is 5. The van der Waals surface area contributed by atoms with Crippen LogP contribution < -0.4 is 21.1 Å². The molecular weight excluding hydrogens is 576 g/mol. The maximum absolute atomic E-state index is 12.9. The van der Waals surface area contributed by atoms with E-state index in [1.54, 1.807) is 19.9 Å². The first-order valence-electron chi connectivity index (χ1n) is 14.9. The molecule has 0 unspecified atom stereocenters. The molecule has 0 aliphatic carbocycles. The van der Waals surface area contributed by atoms with Gasteiger partial charge in [-0.3, -0.25) is 19.3 Å². The topological polar surface area (TPSA) is 207 Å². The molecule has 14 heteroatoms. The number of carboxylic acid groups (broad SMARTS) is 1. The molecule has 6 N–H and O–H groups in total. The fraction of sp³-hybridized carbons (Fsp3) is 0.633. The number of aliphatic hydroxyl groups excluding tert-OH is 1. The van der Waals surface area contributed by atoms with Gasteiger partial charge in [0.15, 0.2) is 6.10 Å². The molecule has 1 fully saturated rings. The third kappa shape index (κ3) is 11.0. The summed E-state index contributed by atoms with van der Waals surface area (Å²) in [6.07, 6.45) is -1.93. The molecule has 246 valence electrons. The lowest BCUT2D eigenvalue weighted by Gasteiger charge is -2.31. The second-order valence-electron chi connectivity index (χ2n) is 11.2. The lowest BCUT2D eigenvalue weighted by Crippen LogP contribution is -2.48. The number of nitrogens with two attached hydrogens (primary N) is 1. The molecule has 1 saturated heterocycles. The largest absolute Gasteiger partial charge is 0.479 e. The van der Waals surface area contributed by atoms with E-state index in [9.17, 15) is 34.2 Å². The molecule has 1 aliphatic heterocycles. The number of aliphatic hydroxyl groups is 1. The number of anilines is 1. The Labute approximate surface area is 257 Å². The molecule has 1 aromatic rings. The first-order valence-corrected chi connectivity index (χ1v) is 14.9. The number of aliphatic carboxylic acids is 1. The van der Waals surface area contributed by atoms with Crippen LogP contribution in [0.1, 0.15) is 71.8 Å². The summed E-state index contributed by atoms with van der Waals surface area (Å²) in [6, 6.07) is 3.69. The molecule has 0 radical (unpaired) electrons. The summed E-state index contributed by atoms with van der Waals surface area (Å²) in [4.78, 5) is 62.3. The Morgan fingerprint density at radius 3 is 2.45 bits per heavy atom. The molecule has 1 aromatic carbocycles. The average Bonchev–Trinajstić information content (AvgIpc) is 2.94. The van der Waals surface area contributed by atoms with Crippen molar-refractivity contribution in [3.05, 3.63) is 23.8 Å². The highest BCUT2D eigenvalue weighted by Crippen LogP contribution is 2.31. The molecule has 5 atom stereocenters. The van der Waals surface area contributed by atoms with Gasteiger partial charge in [0.2, 0.25) is 24.0 Å². The zero-order valence-corrected chi connectivity index (χ0v) is 26.0. The maximum Gasteiger partial charge on any atom is 0.410 e. The van der Waals surface area contributed by atoms with Crippen LogP contribution >= 0.6 is 0 Å². The first kappa shape index (κ1) is 36.3. The van der Waals surface area contributed by atoms with Crippen LogP contribution in [0.5, 0.6) is 5.75 Å². The van der Waals surface area contributed by atoms with E-state index in [-0.39, 0.29) is 61.6 Å². The number of benzene rings is 1. The van der Waals surface area contributed by atoms with E-state index in [2.05, 4.69) is 10.6 Å². The smallest absolute Gasteiger partial charge is 0.410 e. The molecule has 44 heavy (non-hydrogen) atoms. The summed E-state index contributed by atoms with van der Waals surface area (Å²) in [6.45, 7) is 7.32. The van der Waals surface area contributed by atoms with E-state index in [1.807, 2.05) is 13.8 Å². The normalized spacial score (nSPS) is 19.4. The van der Waals surface area contributed by atoms with Crippen LogP contribution in [0.15, 0.2) is 18.2 Å². The Morgan fingerprint density at radius 1 is 1.16 bits per heavy atom. The lowest BCUT2D eigenvalue weighted by atomic mass is 10.00. The molecule has 0 spiro atoms. The minimum Gasteiger partial charge on any atom is -0.479 e. The van der Waals surface area contributed by atoms with Crippen LogP contribution in [0.2, 0.25) is 0 Å². The quantitative estimate of drug-likeness (QED) is 0.182. The van der Waals surface area contributed by atoms with E-state index in [0.29, 0.717) is 12.0 Å². The predicted molar refractivity (Wildman–Crippen MR) is 159 cm³/mol. The van der Waals surface area contributed by atoms with Crippen molar-refractivity contribution < 1.29 is 48.4 Å². The van der Waals surface area contributed by atoms with Crippen molar-refractivity contribution in [3.8, 4) is 5.75 Å². The molecule has 14 nitrogen and oxygen atoms in total. The highest BCUT2D eigenvalue weighted by molar-refractivity contribution is 5.93. The predicted octanol–water partition coefficient (Wildman–Crippen LogP) is 2.37. The van der Waals surface area contributed by atoms with Crippen molar-refractivity contribution in [2.75, 3.05) is 18.9 Å². The molecule has 1 aliphatic rings. The van der Waals surface area contributed by atoms with Crippen LogP contribution in [0.4, 0.5) is 10.5 Å². The standard InChI is InChI=1S/C30H46N4O10/c1-6-8-19(7-2)28(38)32-12-11-24(36)33-21-13-18(16-42-30(41)34(5)26(17(3)4)27(31)37)9-10-22(21)43-25-15-20(35)14-23(44-25)29(39)40/h9-10,13,17,19-20,23,25-26,35H,6-8,11-12,14-16H2,1-5H3,(H2,31,37)(H,32,38)(H,33,36)(H,39,40)/t19-,20-,23-,25+,26-/m0/s1. The minimum absolute atomic E-state index is 0.00212. The van der Waals surface area contributed by atoms with Gasteiger partial charge in [0.25, 0.3) is 0 Å². The molecule has 2 rings (SSSR count). The fourth-order valence-corrected chi connectivity index (χ4v) is 4.96. The highest BCUT2D eigenvalue weighted by Gasteiger charge is 2.34. The summed E-state index contributed by atoms with van der Waals surface area (Å²) >= 11 is 0. The van der Waals surface area contributed by atoms with Crippen molar-refractivity contribution in [2.24, 2.45) is 17.6 Å². The van der Waals surface area contributed by atoms with Gasteiger partial charge in [0.1, 0.15) is 18.4 Å². The molecular formula is C30H46N4O10. The zero-order valence-electron chi connectivity index (χ0n) is 26.0. The van der Waals surface area contributed by atoms with Gasteiger partial charge in [0.05, 0.1) is 11.8 Å². The van der Waals surface area contributed by atoms with Gasteiger partial charge in [-0.25, -0.2) is 9.59 Å². The Hall–Kier alpha value is -3.91. The van der Waals surface area contributed by atoms with Crippen molar-refractivity contribution in [3.63, 3.8) is 0 Å². The SMILES string of the molecule is CCC[C@H](CC)C(=O)NCCC(=O)Nc1cc(COC(=O)N(C)[C@H](C(N)=O)C(C)C)ccc1O[C@H]1C[C@@H](O)C[C@@H](C(=O)O)O1. The first-order chi connectivity index (χ1) is 20.8. The summed E-state index contributed by atoms with van der Waals surface area (Å²) in [5, 5.41) is 25.0. The number of carbonyl (C=O) groups excluding carboxylic acids is 4. The van der Waals surface area contributed by atoms with Crippen molar-refractivity contribution in [1.82, 2.24) is 10.2 Å². The number of nitrogens with zero attached hydrogens (tertiary/aromatic N) is 1. The molecule has 0 bridgehead atoms. The number of hydrogen-bond donors (Lipinski definition) is 5. The van der Waals surface area contributed by atoms with Gasteiger partial charge >= 0.3 is 12.1 Å². The summed E-state index contributed by atoms with van der Waals surface area (Å²) in [7, 11) is 1.41. The van der Waals surface area contributed by atoms with Gasteiger partial charge in [-0.1, -0.05) is 40.2 Å². The van der Waals surface area contributed by atoms with E-state index in [0.717, 1.165) is 17.7 Å². The second kappa shape index (κ2) is 17.4. The number of amides is 4. The number of rotatable bonds is 16. The third-order valence-electron chi connectivity index (χ3n) is 7.26. The Kier molecular flexibility index (Phi) is 14.3. The second-order valence-corrected chi connectivity index (χ2v) is 11.2. The van der Waals surface area contributed by atoms with Crippen LogP contribution in [0.25, 0.3) is 0 Å². The number of carboxylic acids is 1. The Morgan fingerprint density at radius 2 is 1.86 bits per heavy atom. The molecule has 1 heterocycles. The number of primary amides is 1. The van der Waals surface area contributed by atoms with Crippen LogP contribution in [0, 0.1) is 11.8 Å². The van der Waals surface area contributed by atoms with Gasteiger partial charge in [-0.05, 0) is 36.5 Å². The Bertz CT molecular complexity index is 1160. The number of likely N-dealkylation sites (N-methyl/N-ethyl adjacent to an activating group) is 1. The average molecular weight is 623 g/mol. The fourth-order valence-electron chi connectivity index (χ4n) is 4.96. The molecule has 0 aromatic heterocycles. The zero-order chi connectivity index (χ0) is 33.0. The monoisotopic (exact) mass is 622 g/mol. The number of hydrogen-bond acceptors (Lipinski definition) is 9. The molecule has 4 amide bonds.